The highest BCUT2D eigenvalue weighted by Crippen LogP contribution is 2.24. The average molecular weight is 402 g/mol. The molecule has 0 atom stereocenters. The first-order valence-corrected chi connectivity index (χ1v) is 9.56. The summed E-state index contributed by atoms with van der Waals surface area (Å²) in [5.41, 5.74) is 7.84. The highest BCUT2D eigenvalue weighted by atomic mass is 35.5. The van der Waals surface area contributed by atoms with Gasteiger partial charge in [-0.1, -0.05) is 37.5 Å². The fourth-order valence-electron chi connectivity index (χ4n) is 4.08. The van der Waals surface area contributed by atoms with Crippen LogP contribution >= 0.6 is 24.8 Å². The van der Waals surface area contributed by atoms with Crippen LogP contribution in [0.2, 0.25) is 0 Å². The van der Waals surface area contributed by atoms with E-state index in [1.807, 2.05) is 29.2 Å². The molecule has 1 amide bonds. The molecule has 0 radical (unpaired) electrons. The van der Waals surface area contributed by atoms with Gasteiger partial charge in [0.1, 0.15) is 0 Å². The van der Waals surface area contributed by atoms with E-state index in [0.29, 0.717) is 6.42 Å². The van der Waals surface area contributed by atoms with E-state index in [0.717, 1.165) is 49.8 Å². The number of carbonyl (C=O) groups excluding carboxylic acids is 1. The van der Waals surface area contributed by atoms with E-state index in [1.54, 1.807) is 0 Å². The number of anilines is 1. The Balaban J connectivity index is 0.00000169. The zero-order valence-electron chi connectivity index (χ0n) is 15.6. The topological polar surface area (TPSA) is 49.6 Å². The van der Waals surface area contributed by atoms with Crippen LogP contribution in [0.15, 0.2) is 24.3 Å². The van der Waals surface area contributed by atoms with E-state index < -0.39 is 0 Å². The van der Waals surface area contributed by atoms with Crippen molar-refractivity contribution in [2.75, 3.05) is 38.5 Å². The third kappa shape index (κ3) is 6.64. The number of nitrogens with two attached hydrogens (primary N) is 1. The van der Waals surface area contributed by atoms with Crippen LogP contribution in [0.5, 0.6) is 0 Å². The van der Waals surface area contributed by atoms with Gasteiger partial charge >= 0.3 is 0 Å². The second-order valence-electron chi connectivity index (χ2n) is 7.38. The van der Waals surface area contributed by atoms with Gasteiger partial charge in [-0.2, -0.15) is 0 Å². The Hall–Kier alpha value is -0.970. The maximum atomic E-state index is 12.4. The molecule has 1 saturated carbocycles. The van der Waals surface area contributed by atoms with E-state index in [1.165, 1.54) is 38.6 Å². The molecule has 2 N–H and O–H groups in total. The second kappa shape index (κ2) is 11.7. The average Bonchev–Trinajstić information content (AvgIpc) is 2.62. The molecule has 1 aromatic rings. The minimum absolute atomic E-state index is 0. The molecule has 0 aromatic heterocycles. The molecule has 4 nitrogen and oxygen atoms in total. The fraction of sp³-hybridized carbons (Fsp3) is 0.650. The number of nitrogens with zero attached hydrogens (tertiary/aromatic N) is 2. The van der Waals surface area contributed by atoms with Gasteiger partial charge in [-0.05, 0) is 36.8 Å². The maximum Gasteiger partial charge on any atom is 0.222 e. The molecule has 148 valence electrons. The molecule has 26 heavy (non-hydrogen) atoms. The zero-order chi connectivity index (χ0) is 16.8. The molecule has 2 fully saturated rings. The molecule has 6 heteroatoms. The Bertz CT molecular complexity index is 542. The highest BCUT2D eigenvalue weighted by Gasteiger charge is 2.23. The molecule has 3 rings (SSSR count). The number of para-hydroxylation sites is 1. The minimum atomic E-state index is 0. The van der Waals surface area contributed by atoms with Crippen molar-refractivity contribution in [2.24, 2.45) is 5.92 Å². The maximum absolute atomic E-state index is 12.4. The first-order chi connectivity index (χ1) is 11.7. The van der Waals surface area contributed by atoms with Crippen molar-refractivity contribution in [1.82, 2.24) is 9.80 Å². The Morgan fingerprint density at radius 1 is 1.00 bits per heavy atom. The number of rotatable bonds is 5. The summed E-state index contributed by atoms with van der Waals surface area (Å²) >= 11 is 0. The smallest absolute Gasteiger partial charge is 0.222 e. The van der Waals surface area contributed by atoms with Gasteiger partial charge in [-0.25, -0.2) is 0 Å². The molecule has 2 aliphatic rings. The first-order valence-electron chi connectivity index (χ1n) is 9.56. The molecule has 1 aliphatic carbocycles. The number of hydrogen-bond donors (Lipinski definition) is 1. The number of aryl methyl sites for hydroxylation is 1. The summed E-state index contributed by atoms with van der Waals surface area (Å²) in [4.78, 5) is 17.0. The van der Waals surface area contributed by atoms with Crippen LogP contribution in [-0.2, 0) is 11.2 Å². The molecule has 0 unspecified atom stereocenters. The van der Waals surface area contributed by atoms with Crippen LogP contribution in [0.1, 0.15) is 44.1 Å². The SMILES string of the molecule is Cl.Cl.Nc1ccccc1CCC(=O)N1CCN(CC2CCCCC2)CC1. The number of nitrogen functional groups attached to an aromatic ring is 1. The fourth-order valence-corrected chi connectivity index (χ4v) is 4.08. The predicted molar refractivity (Wildman–Crippen MR) is 113 cm³/mol. The number of benzene rings is 1. The van der Waals surface area contributed by atoms with Gasteiger partial charge in [-0.3, -0.25) is 9.69 Å². The standard InChI is InChI=1S/C20H31N3O.2ClH/c21-19-9-5-4-8-18(19)10-11-20(24)23-14-12-22(13-15-23)16-17-6-2-1-3-7-17;;/h4-5,8-9,17H,1-3,6-7,10-16,21H2;2*1H. The Morgan fingerprint density at radius 2 is 1.65 bits per heavy atom. The van der Waals surface area contributed by atoms with Gasteiger partial charge in [0, 0.05) is 44.8 Å². The van der Waals surface area contributed by atoms with Crippen LogP contribution in [0.25, 0.3) is 0 Å². The van der Waals surface area contributed by atoms with Crippen LogP contribution in [0.4, 0.5) is 5.69 Å². The Morgan fingerprint density at radius 3 is 2.31 bits per heavy atom. The summed E-state index contributed by atoms with van der Waals surface area (Å²) < 4.78 is 0. The first kappa shape index (κ1) is 23.1. The molecule has 1 aliphatic heterocycles. The zero-order valence-corrected chi connectivity index (χ0v) is 17.2. The normalized spacial score (nSPS) is 18.7. The lowest BCUT2D eigenvalue weighted by atomic mass is 9.89. The Labute approximate surface area is 170 Å². The van der Waals surface area contributed by atoms with E-state index in [-0.39, 0.29) is 30.7 Å². The minimum Gasteiger partial charge on any atom is -0.399 e. The monoisotopic (exact) mass is 401 g/mol. The van der Waals surface area contributed by atoms with Crippen LogP contribution in [0, 0.1) is 5.92 Å². The molecule has 1 saturated heterocycles. The van der Waals surface area contributed by atoms with Gasteiger partial charge in [-0.15, -0.1) is 24.8 Å². The van der Waals surface area contributed by atoms with E-state index in [4.69, 9.17) is 5.73 Å². The molecule has 1 heterocycles. The Kier molecular flexibility index (Phi) is 10.4. The van der Waals surface area contributed by atoms with Crippen molar-refractivity contribution in [3.05, 3.63) is 29.8 Å². The molecule has 0 bridgehead atoms. The van der Waals surface area contributed by atoms with Crippen LogP contribution in [-0.4, -0.2) is 48.4 Å². The predicted octanol–water partition coefficient (Wildman–Crippen LogP) is 3.77. The van der Waals surface area contributed by atoms with Gasteiger partial charge in [0.25, 0.3) is 0 Å². The molecule has 1 aromatic carbocycles. The lowest BCUT2D eigenvalue weighted by Crippen LogP contribution is -2.49. The molecular formula is C20H33Cl2N3O. The number of piperazine rings is 1. The summed E-state index contributed by atoms with van der Waals surface area (Å²) in [6.45, 7) is 5.08. The third-order valence-electron chi connectivity index (χ3n) is 5.63. The third-order valence-corrected chi connectivity index (χ3v) is 5.63. The van der Waals surface area contributed by atoms with Crippen LogP contribution in [0.3, 0.4) is 0 Å². The number of hydrogen-bond acceptors (Lipinski definition) is 3. The summed E-state index contributed by atoms with van der Waals surface area (Å²) in [7, 11) is 0. The van der Waals surface area contributed by atoms with E-state index >= 15 is 0 Å². The van der Waals surface area contributed by atoms with E-state index in [2.05, 4.69) is 4.90 Å². The largest absolute Gasteiger partial charge is 0.399 e. The van der Waals surface area contributed by atoms with Crippen molar-refractivity contribution in [3.63, 3.8) is 0 Å². The second-order valence-corrected chi connectivity index (χ2v) is 7.38. The van der Waals surface area contributed by atoms with Crippen molar-refractivity contribution < 1.29 is 4.79 Å². The van der Waals surface area contributed by atoms with Gasteiger partial charge in [0.05, 0.1) is 0 Å². The summed E-state index contributed by atoms with van der Waals surface area (Å²) in [5, 5.41) is 0. The van der Waals surface area contributed by atoms with Gasteiger partial charge < -0.3 is 10.6 Å². The van der Waals surface area contributed by atoms with Crippen molar-refractivity contribution in [3.8, 4) is 0 Å². The van der Waals surface area contributed by atoms with Crippen molar-refractivity contribution in [1.29, 1.82) is 0 Å². The molecule has 0 spiro atoms. The van der Waals surface area contributed by atoms with E-state index in [9.17, 15) is 4.79 Å². The van der Waals surface area contributed by atoms with Crippen LogP contribution < -0.4 is 5.73 Å². The number of carbonyl (C=O) groups is 1. The van der Waals surface area contributed by atoms with Crippen molar-refractivity contribution in [2.45, 2.75) is 44.9 Å². The summed E-state index contributed by atoms with van der Waals surface area (Å²) in [6, 6.07) is 7.85. The van der Waals surface area contributed by atoms with Crippen molar-refractivity contribution >= 4 is 36.4 Å². The summed E-state index contributed by atoms with van der Waals surface area (Å²) in [6.07, 6.45) is 8.35. The highest BCUT2D eigenvalue weighted by molar-refractivity contribution is 5.85. The van der Waals surface area contributed by atoms with Gasteiger partial charge in [0.2, 0.25) is 5.91 Å². The summed E-state index contributed by atoms with van der Waals surface area (Å²) in [5.74, 6) is 1.16. The van der Waals surface area contributed by atoms with Gasteiger partial charge in [0.15, 0.2) is 0 Å². The molecular weight excluding hydrogens is 369 g/mol. The quantitative estimate of drug-likeness (QED) is 0.763. The lowest BCUT2D eigenvalue weighted by molar-refractivity contribution is -0.133. The lowest BCUT2D eigenvalue weighted by Gasteiger charge is -2.37. The number of amides is 1. The number of halogens is 2.